The van der Waals surface area contributed by atoms with Crippen molar-refractivity contribution in [1.82, 2.24) is 19.1 Å². The molecule has 0 aromatic carbocycles. The predicted molar refractivity (Wildman–Crippen MR) is 89.4 cm³/mol. The van der Waals surface area contributed by atoms with Crippen LogP contribution in [0.4, 0.5) is 0 Å². The monoisotopic (exact) mass is 361 g/mol. The van der Waals surface area contributed by atoms with Crippen molar-refractivity contribution in [3.63, 3.8) is 0 Å². The lowest BCUT2D eigenvalue weighted by molar-refractivity contribution is 0.207. The molecule has 1 atom stereocenters. The normalized spacial score (nSPS) is 18.2. The van der Waals surface area contributed by atoms with Crippen LogP contribution in [0, 0.1) is 25.2 Å². The highest BCUT2D eigenvalue weighted by Crippen LogP contribution is 2.27. The minimum absolute atomic E-state index is 0.245. The summed E-state index contributed by atoms with van der Waals surface area (Å²) >= 11 is 0. The molecule has 0 saturated carbocycles. The summed E-state index contributed by atoms with van der Waals surface area (Å²) in [6, 6.07) is 5.16. The molecule has 9 heteroatoms. The molecule has 1 unspecified atom stereocenters. The van der Waals surface area contributed by atoms with Crippen LogP contribution in [0.3, 0.4) is 0 Å². The molecule has 3 heterocycles. The van der Waals surface area contributed by atoms with Gasteiger partial charge in [-0.05, 0) is 26.3 Å². The Bertz CT molecular complexity index is 945. The molecule has 3 rings (SSSR count). The summed E-state index contributed by atoms with van der Waals surface area (Å²) in [6.07, 6.45) is 1.77. The van der Waals surface area contributed by atoms with Gasteiger partial charge >= 0.3 is 0 Å². The smallest absolute Gasteiger partial charge is 0.246 e. The van der Waals surface area contributed by atoms with E-state index < -0.39 is 10.0 Å². The fourth-order valence-electron chi connectivity index (χ4n) is 2.98. The quantitative estimate of drug-likeness (QED) is 0.809. The van der Waals surface area contributed by atoms with E-state index in [1.165, 1.54) is 10.5 Å². The Morgan fingerprint density at radius 1 is 1.40 bits per heavy atom. The van der Waals surface area contributed by atoms with Crippen molar-refractivity contribution in [3.8, 4) is 11.9 Å². The van der Waals surface area contributed by atoms with E-state index in [0.29, 0.717) is 35.8 Å². The Hall–Kier alpha value is -2.44. The summed E-state index contributed by atoms with van der Waals surface area (Å²) in [6.45, 7) is 4.06. The fraction of sp³-hybridized carbons (Fsp3) is 0.438. The van der Waals surface area contributed by atoms with E-state index in [9.17, 15) is 8.42 Å². The van der Waals surface area contributed by atoms with E-state index in [2.05, 4.69) is 10.1 Å². The first kappa shape index (κ1) is 17.4. The molecule has 1 aliphatic heterocycles. The molecule has 2 aromatic rings. The third-order valence-electron chi connectivity index (χ3n) is 4.30. The van der Waals surface area contributed by atoms with Gasteiger partial charge in [-0.2, -0.15) is 14.7 Å². The molecule has 0 amide bonds. The van der Waals surface area contributed by atoms with Gasteiger partial charge < -0.3 is 4.74 Å². The van der Waals surface area contributed by atoms with Crippen LogP contribution in [0.1, 0.15) is 23.4 Å². The number of sulfonamides is 1. The Kier molecular flexibility index (Phi) is 4.49. The highest BCUT2D eigenvalue weighted by atomic mass is 32.2. The number of ether oxygens (including phenoxy) is 1. The Balaban J connectivity index is 1.77. The molecule has 1 saturated heterocycles. The SMILES string of the molecule is Cc1nn(C)c(C)c1S(=O)(=O)N1CCC(Oc2cc(C#N)ccn2)C1. The average molecular weight is 361 g/mol. The molecule has 132 valence electrons. The van der Waals surface area contributed by atoms with Crippen LogP contribution in [0.25, 0.3) is 0 Å². The zero-order valence-electron chi connectivity index (χ0n) is 14.3. The number of nitriles is 1. The maximum atomic E-state index is 12.9. The second kappa shape index (κ2) is 6.46. The number of rotatable bonds is 4. The number of pyridine rings is 1. The van der Waals surface area contributed by atoms with Crippen molar-refractivity contribution in [1.29, 1.82) is 5.26 Å². The maximum Gasteiger partial charge on any atom is 0.246 e. The maximum absolute atomic E-state index is 12.9. The number of aryl methyl sites for hydroxylation is 2. The Morgan fingerprint density at radius 3 is 2.80 bits per heavy atom. The van der Waals surface area contributed by atoms with Crippen molar-refractivity contribution >= 4 is 10.0 Å². The molecule has 0 aliphatic carbocycles. The Morgan fingerprint density at radius 2 is 2.16 bits per heavy atom. The lowest BCUT2D eigenvalue weighted by Crippen LogP contribution is -2.31. The molecule has 0 bridgehead atoms. The van der Waals surface area contributed by atoms with Crippen LogP contribution in [-0.2, 0) is 17.1 Å². The second-order valence-electron chi connectivity index (χ2n) is 6.01. The summed E-state index contributed by atoms with van der Waals surface area (Å²) in [5.41, 5.74) is 1.56. The zero-order chi connectivity index (χ0) is 18.2. The molecule has 1 aliphatic rings. The molecule has 25 heavy (non-hydrogen) atoms. The number of hydrogen-bond acceptors (Lipinski definition) is 6. The fourth-order valence-corrected chi connectivity index (χ4v) is 4.87. The lowest BCUT2D eigenvalue weighted by Gasteiger charge is -2.17. The van der Waals surface area contributed by atoms with Gasteiger partial charge in [0.1, 0.15) is 11.0 Å². The predicted octanol–water partition coefficient (Wildman–Crippen LogP) is 1.15. The van der Waals surface area contributed by atoms with E-state index in [0.717, 1.165) is 0 Å². The standard InChI is InChI=1S/C16H19N5O3S/c1-11-16(12(2)20(3)19-11)25(22,23)21-7-5-14(10-21)24-15-8-13(9-17)4-6-18-15/h4,6,8,14H,5,7,10H2,1-3H3. The molecule has 1 fully saturated rings. The van der Waals surface area contributed by atoms with Crippen LogP contribution in [0.2, 0.25) is 0 Å². The molecule has 2 aromatic heterocycles. The van der Waals surface area contributed by atoms with Gasteiger partial charge in [-0.1, -0.05) is 0 Å². The van der Waals surface area contributed by atoms with Gasteiger partial charge in [0.25, 0.3) is 0 Å². The highest BCUT2D eigenvalue weighted by molar-refractivity contribution is 7.89. The summed E-state index contributed by atoms with van der Waals surface area (Å²) in [5, 5.41) is 13.1. The van der Waals surface area contributed by atoms with Crippen LogP contribution in [-0.4, -0.2) is 46.7 Å². The summed E-state index contributed by atoms with van der Waals surface area (Å²) in [7, 11) is -1.89. The summed E-state index contributed by atoms with van der Waals surface area (Å²) in [5.74, 6) is 0.331. The first-order chi connectivity index (χ1) is 11.8. The summed E-state index contributed by atoms with van der Waals surface area (Å²) in [4.78, 5) is 4.34. The molecule has 0 radical (unpaired) electrons. The number of nitrogens with zero attached hydrogens (tertiary/aromatic N) is 5. The number of aromatic nitrogens is 3. The molecule has 8 nitrogen and oxygen atoms in total. The first-order valence-corrected chi connectivity index (χ1v) is 9.30. The van der Waals surface area contributed by atoms with Crippen LogP contribution >= 0.6 is 0 Å². The third-order valence-corrected chi connectivity index (χ3v) is 6.42. The van der Waals surface area contributed by atoms with Gasteiger partial charge in [0.2, 0.25) is 15.9 Å². The van der Waals surface area contributed by atoms with Crippen molar-refractivity contribution in [3.05, 3.63) is 35.3 Å². The zero-order valence-corrected chi connectivity index (χ0v) is 15.1. The van der Waals surface area contributed by atoms with Gasteiger partial charge in [-0.15, -0.1) is 0 Å². The topological polar surface area (TPSA) is 101 Å². The van der Waals surface area contributed by atoms with E-state index in [4.69, 9.17) is 10.00 Å². The minimum Gasteiger partial charge on any atom is -0.473 e. The Labute approximate surface area is 146 Å². The van der Waals surface area contributed by atoms with Gasteiger partial charge in [0.05, 0.1) is 29.6 Å². The van der Waals surface area contributed by atoms with Crippen molar-refractivity contribution in [2.75, 3.05) is 13.1 Å². The van der Waals surface area contributed by atoms with Gasteiger partial charge in [0, 0.05) is 25.9 Å². The first-order valence-electron chi connectivity index (χ1n) is 7.86. The van der Waals surface area contributed by atoms with E-state index in [1.807, 2.05) is 6.07 Å². The van der Waals surface area contributed by atoms with E-state index in [1.54, 1.807) is 37.7 Å². The van der Waals surface area contributed by atoms with Gasteiger partial charge in [-0.3, -0.25) is 4.68 Å². The van der Waals surface area contributed by atoms with Crippen molar-refractivity contribution in [2.45, 2.75) is 31.3 Å². The molecule has 0 N–H and O–H groups in total. The molecular weight excluding hydrogens is 342 g/mol. The van der Waals surface area contributed by atoms with Gasteiger partial charge in [0.15, 0.2) is 0 Å². The van der Waals surface area contributed by atoms with Crippen LogP contribution in [0.5, 0.6) is 5.88 Å². The minimum atomic E-state index is -3.62. The van der Waals surface area contributed by atoms with Gasteiger partial charge in [-0.25, -0.2) is 13.4 Å². The highest BCUT2D eigenvalue weighted by Gasteiger charge is 2.36. The number of hydrogen-bond donors (Lipinski definition) is 0. The summed E-state index contributed by atoms with van der Waals surface area (Å²) < 4.78 is 34.6. The largest absolute Gasteiger partial charge is 0.473 e. The second-order valence-corrected chi connectivity index (χ2v) is 7.88. The van der Waals surface area contributed by atoms with Crippen molar-refractivity contribution in [2.24, 2.45) is 7.05 Å². The third kappa shape index (κ3) is 3.23. The van der Waals surface area contributed by atoms with Crippen LogP contribution in [0.15, 0.2) is 23.2 Å². The average Bonchev–Trinajstić information content (AvgIpc) is 3.13. The van der Waals surface area contributed by atoms with Crippen molar-refractivity contribution < 1.29 is 13.2 Å². The van der Waals surface area contributed by atoms with E-state index in [-0.39, 0.29) is 17.5 Å². The van der Waals surface area contributed by atoms with E-state index >= 15 is 0 Å². The molecular formula is C16H19N5O3S. The molecule has 0 spiro atoms. The van der Waals surface area contributed by atoms with Crippen LogP contribution < -0.4 is 4.74 Å². The lowest BCUT2D eigenvalue weighted by atomic mass is 10.3.